The largest absolute Gasteiger partial charge is 0.497 e. The second-order valence-electron chi connectivity index (χ2n) is 8.10. The number of hydrogen-bond acceptors (Lipinski definition) is 9. The van der Waals surface area contributed by atoms with E-state index in [1.54, 1.807) is 43.4 Å². The molecule has 7 nitrogen and oxygen atoms in total. The standard InChI is InChI=1S/C29H29NO6S2/c1-19-17-24(13-14-25(19)36-18-26(31)34-4)35-15-16-37-29-30-27(20-5-9-22(32-2)10-6-20)28(38-29)21-7-11-23(33-3)12-8-21/h5-14,17H,15-16,18H2,1-4H3. The fourth-order valence-electron chi connectivity index (χ4n) is 3.60. The highest BCUT2D eigenvalue weighted by atomic mass is 32.2. The number of thiazole rings is 1. The monoisotopic (exact) mass is 551 g/mol. The van der Waals surface area contributed by atoms with Crippen molar-refractivity contribution in [3.63, 3.8) is 0 Å². The van der Waals surface area contributed by atoms with E-state index in [4.69, 9.17) is 23.9 Å². The third kappa shape index (κ3) is 6.99. The van der Waals surface area contributed by atoms with Crippen LogP contribution < -0.4 is 18.9 Å². The lowest BCUT2D eigenvalue weighted by Crippen LogP contribution is -2.13. The summed E-state index contributed by atoms with van der Waals surface area (Å²) >= 11 is 3.32. The molecule has 0 unspecified atom stereocenters. The number of aromatic nitrogens is 1. The zero-order chi connectivity index (χ0) is 26.9. The lowest BCUT2D eigenvalue weighted by Gasteiger charge is -2.10. The van der Waals surface area contributed by atoms with Crippen LogP contribution in [-0.4, -0.2) is 51.2 Å². The topological polar surface area (TPSA) is 76.1 Å². The Labute approximate surface area is 230 Å². The van der Waals surface area contributed by atoms with Crippen LogP contribution in [0.15, 0.2) is 71.1 Å². The summed E-state index contributed by atoms with van der Waals surface area (Å²) in [5, 5.41) is 0. The predicted octanol–water partition coefficient (Wildman–Crippen LogP) is 6.53. The number of ether oxygens (including phenoxy) is 5. The normalized spacial score (nSPS) is 10.6. The Bertz CT molecular complexity index is 1290. The van der Waals surface area contributed by atoms with Crippen molar-refractivity contribution < 1.29 is 28.5 Å². The Kier molecular flexibility index (Phi) is 9.51. The van der Waals surface area contributed by atoms with E-state index in [2.05, 4.69) is 16.9 Å². The first-order valence-electron chi connectivity index (χ1n) is 11.9. The van der Waals surface area contributed by atoms with Gasteiger partial charge in [0.25, 0.3) is 0 Å². The summed E-state index contributed by atoms with van der Waals surface area (Å²) < 4.78 is 27.7. The molecule has 0 bridgehead atoms. The maximum Gasteiger partial charge on any atom is 0.343 e. The Morgan fingerprint density at radius 3 is 2.08 bits per heavy atom. The third-order valence-corrected chi connectivity index (χ3v) is 7.83. The van der Waals surface area contributed by atoms with Crippen molar-refractivity contribution in [1.29, 1.82) is 0 Å². The summed E-state index contributed by atoms with van der Waals surface area (Å²) in [7, 11) is 4.65. The van der Waals surface area contributed by atoms with Crippen molar-refractivity contribution in [3.8, 4) is 44.7 Å². The molecule has 0 spiro atoms. The average molecular weight is 552 g/mol. The fourth-order valence-corrected chi connectivity index (χ4v) is 5.66. The molecular weight excluding hydrogens is 522 g/mol. The van der Waals surface area contributed by atoms with Crippen LogP contribution in [0, 0.1) is 6.92 Å². The van der Waals surface area contributed by atoms with Crippen molar-refractivity contribution in [1.82, 2.24) is 4.98 Å². The minimum Gasteiger partial charge on any atom is -0.497 e. The molecule has 1 heterocycles. The Balaban J connectivity index is 1.42. The number of esters is 1. The van der Waals surface area contributed by atoms with Gasteiger partial charge in [-0.3, -0.25) is 0 Å². The van der Waals surface area contributed by atoms with Crippen LogP contribution in [0.3, 0.4) is 0 Å². The van der Waals surface area contributed by atoms with E-state index in [-0.39, 0.29) is 6.61 Å². The second kappa shape index (κ2) is 13.2. The maximum atomic E-state index is 11.3. The van der Waals surface area contributed by atoms with Crippen LogP contribution in [0.1, 0.15) is 5.56 Å². The van der Waals surface area contributed by atoms with Crippen LogP contribution in [0.25, 0.3) is 21.7 Å². The van der Waals surface area contributed by atoms with Gasteiger partial charge >= 0.3 is 5.97 Å². The second-order valence-corrected chi connectivity index (χ2v) is 10.4. The van der Waals surface area contributed by atoms with Gasteiger partial charge in [0, 0.05) is 11.3 Å². The highest BCUT2D eigenvalue weighted by molar-refractivity contribution is 8.01. The molecule has 38 heavy (non-hydrogen) atoms. The van der Waals surface area contributed by atoms with Gasteiger partial charge in [-0.1, -0.05) is 11.8 Å². The molecule has 0 aliphatic carbocycles. The Morgan fingerprint density at radius 1 is 0.842 bits per heavy atom. The summed E-state index contributed by atoms with van der Waals surface area (Å²) in [5.41, 5.74) is 3.93. The number of methoxy groups -OCH3 is 3. The molecule has 198 valence electrons. The molecule has 1 aromatic heterocycles. The molecule has 0 N–H and O–H groups in total. The van der Waals surface area contributed by atoms with E-state index < -0.39 is 5.97 Å². The summed E-state index contributed by atoms with van der Waals surface area (Å²) in [6.45, 7) is 2.30. The zero-order valence-electron chi connectivity index (χ0n) is 21.7. The molecule has 0 aliphatic heterocycles. The molecule has 0 amide bonds. The Hall–Kier alpha value is -3.69. The van der Waals surface area contributed by atoms with Crippen molar-refractivity contribution in [2.24, 2.45) is 0 Å². The molecular formula is C29H29NO6S2. The van der Waals surface area contributed by atoms with Crippen molar-refractivity contribution in [3.05, 3.63) is 72.3 Å². The first-order valence-corrected chi connectivity index (χ1v) is 13.7. The van der Waals surface area contributed by atoms with Gasteiger partial charge in [0.1, 0.15) is 23.0 Å². The van der Waals surface area contributed by atoms with Crippen molar-refractivity contribution >= 4 is 29.1 Å². The third-order valence-electron chi connectivity index (χ3n) is 5.62. The van der Waals surface area contributed by atoms with Gasteiger partial charge in [-0.05, 0) is 84.8 Å². The van der Waals surface area contributed by atoms with Crippen LogP contribution >= 0.6 is 23.1 Å². The molecule has 0 atom stereocenters. The van der Waals surface area contributed by atoms with Crippen molar-refractivity contribution in [2.45, 2.75) is 11.3 Å². The molecule has 0 saturated heterocycles. The van der Waals surface area contributed by atoms with Gasteiger partial charge in [0.2, 0.25) is 0 Å². The Morgan fingerprint density at radius 2 is 1.47 bits per heavy atom. The average Bonchev–Trinajstić information content (AvgIpc) is 3.39. The summed E-state index contributed by atoms with van der Waals surface area (Å²) in [5.74, 6) is 3.29. The molecule has 0 aliphatic rings. The number of carbonyl (C=O) groups is 1. The fraction of sp³-hybridized carbons (Fsp3) is 0.241. The van der Waals surface area contributed by atoms with Crippen LogP contribution in [-0.2, 0) is 9.53 Å². The van der Waals surface area contributed by atoms with E-state index in [1.807, 2.05) is 55.5 Å². The molecule has 0 fully saturated rings. The van der Waals surface area contributed by atoms with Gasteiger partial charge < -0.3 is 23.7 Å². The molecule has 4 rings (SSSR count). The number of carbonyl (C=O) groups excluding carboxylic acids is 1. The van der Waals surface area contributed by atoms with E-state index in [0.29, 0.717) is 12.4 Å². The van der Waals surface area contributed by atoms with E-state index in [0.717, 1.165) is 54.6 Å². The molecule has 3 aromatic carbocycles. The highest BCUT2D eigenvalue weighted by Gasteiger charge is 2.16. The van der Waals surface area contributed by atoms with Gasteiger partial charge in [0.15, 0.2) is 10.9 Å². The molecule has 9 heteroatoms. The number of hydrogen-bond donors (Lipinski definition) is 0. The quantitative estimate of drug-likeness (QED) is 0.112. The van der Waals surface area contributed by atoms with Crippen LogP contribution in [0.5, 0.6) is 23.0 Å². The van der Waals surface area contributed by atoms with Crippen LogP contribution in [0.2, 0.25) is 0 Å². The minimum absolute atomic E-state index is 0.126. The van der Waals surface area contributed by atoms with Crippen molar-refractivity contribution in [2.75, 3.05) is 40.3 Å². The summed E-state index contributed by atoms with van der Waals surface area (Å²) in [6.07, 6.45) is 0. The predicted molar refractivity (Wildman–Crippen MR) is 151 cm³/mol. The number of thioether (sulfide) groups is 1. The van der Waals surface area contributed by atoms with Gasteiger partial charge in [-0.25, -0.2) is 9.78 Å². The number of rotatable bonds is 12. The van der Waals surface area contributed by atoms with Gasteiger partial charge in [-0.2, -0.15) is 0 Å². The highest BCUT2D eigenvalue weighted by Crippen LogP contribution is 2.41. The molecule has 0 saturated carbocycles. The van der Waals surface area contributed by atoms with Gasteiger partial charge in [-0.15, -0.1) is 11.3 Å². The first kappa shape index (κ1) is 27.3. The summed E-state index contributed by atoms with van der Waals surface area (Å²) in [6, 6.07) is 21.5. The smallest absolute Gasteiger partial charge is 0.343 e. The van der Waals surface area contributed by atoms with Gasteiger partial charge in [0.05, 0.1) is 38.5 Å². The lowest BCUT2D eigenvalue weighted by atomic mass is 10.1. The van der Waals surface area contributed by atoms with E-state index >= 15 is 0 Å². The van der Waals surface area contributed by atoms with E-state index in [9.17, 15) is 4.79 Å². The molecule has 4 aromatic rings. The zero-order valence-corrected chi connectivity index (χ0v) is 23.3. The summed E-state index contributed by atoms with van der Waals surface area (Å²) in [4.78, 5) is 17.4. The minimum atomic E-state index is -0.422. The number of benzene rings is 3. The number of aryl methyl sites for hydroxylation is 1. The van der Waals surface area contributed by atoms with E-state index in [1.165, 1.54) is 7.11 Å². The lowest BCUT2D eigenvalue weighted by molar-refractivity contribution is -0.142. The SMILES string of the molecule is COC(=O)COc1ccc(OCCSc2nc(-c3ccc(OC)cc3)c(-c3ccc(OC)cc3)s2)cc1C. The maximum absolute atomic E-state index is 11.3. The first-order chi connectivity index (χ1) is 18.5. The van der Waals surface area contributed by atoms with Crippen LogP contribution in [0.4, 0.5) is 0 Å². The molecule has 0 radical (unpaired) electrons. The number of nitrogens with zero attached hydrogens (tertiary/aromatic N) is 1.